The Labute approximate surface area is 112 Å². The quantitative estimate of drug-likeness (QED) is 0.581. The first-order chi connectivity index (χ1) is 8.95. The van der Waals surface area contributed by atoms with Crippen molar-refractivity contribution >= 4 is 11.9 Å². The average Bonchev–Trinajstić information content (AvgIpc) is 2.35. The number of carbonyl (C=O) groups excluding carboxylic acids is 1. The number of nitriles is 1. The predicted molar refractivity (Wildman–Crippen MR) is 69.0 cm³/mol. The van der Waals surface area contributed by atoms with Gasteiger partial charge in [0, 0.05) is 18.3 Å². The molecule has 2 atom stereocenters. The molecule has 1 saturated heterocycles. The number of hydrogen-bond acceptors (Lipinski definition) is 4. The van der Waals surface area contributed by atoms with Crippen LogP contribution in [0.2, 0.25) is 0 Å². The molecule has 104 valence electrons. The van der Waals surface area contributed by atoms with Crippen molar-refractivity contribution in [2.45, 2.75) is 45.2 Å². The van der Waals surface area contributed by atoms with Gasteiger partial charge in [0.1, 0.15) is 18.2 Å². The highest BCUT2D eigenvalue weighted by Gasteiger charge is 2.23. The van der Waals surface area contributed by atoms with Crippen molar-refractivity contribution < 1.29 is 14.7 Å². The Kier molecular flexibility index (Phi) is 5.37. The van der Waals surface area contributed by atoms with Crippen LogP contribution in [-0.2, 0) is 9.59 Å². The van der Waals surface area contributed by atoms with Crippen LogP contribution in [0.4, 0.5) is 0 Å². The monoisotopic (exact) mass is 265 g/mol. The molecule has 1 fully saturated rings. The normalized spacial score (nSPS) is 23.6. The van der Waals surface area contributed by atoms with Gasteiger partial charge in [-0.2, -0.15) is 5.26 Å². The lowest BCUT2D eigenvalue weighted by atomic mass is 9.98. The van der Waals surface area contributed by atoms with Gasteiger partial charge in [0.2, 0.25) is 0 Å². The van der Waals surface area contributed by atoms with Crippen LogP contribution in [0.25, 0.3) is 0 Å². The number of nitrogens with zero attached hydrogens (tertiary/aromatic N) is 2. The second-order valence-corrected chi connectivity index (χ2v) is 4.81. The van der Waals surface area contributed by atoms with Gasteiger partial charge in [0.15, 0.2) is 0 Å². The number of amides is 1. The van der Waals surface area contributed by atoms with Crippen molar-refractivity contribution in [2.24, 2.45) is 0 Å². The predicted octanol–water partition coefficient (Wildman–Crippen LogP) is 0.858. The summed E-state index contributed by atoms with van der Waals surface area (Å²) >= 11 is 0. The minimum atomic E-state index is -1.13. The van der Waals surface area contributed by atoms with Crippen LogP contribution < -0.4 is 5.32 Å². The van der Waals surface area contributed by atoms with Gasteiger partial charge < -0.3 is 15.3 Å². The zero-order chi connectivity index (χ0) is 14.4. The molecule has 6 nitrogen and oxygen atoms in total. The molecule has 0 saturated carbocycles. The van der Waals surface area contributed by atoms with Crippen LogP contribution in [0, 0.1) is 11.3 Å². The smallest absolute Gasteiger partial charge is 0.322 e. The van der Waals surface area contributed by atoms with Gasteiger partial charge in [-0.3, -0.25) is 9.59 Å². The van der Waals surface area contributed by atoms with E-state index in [9.17, 15) is 9.59 Å². The summed E-state index contributed by atoms with van der Waals surface area (Å²) in [5.74, 6) is -1.78. The zero-order valence-corrected chi connectivity index (χ0v) is 11.2. The molecule has 0 spiro atoms. The summed E-state index contributed by atoms with van der Waals surface area (Å²) in [7, 11) is 0. The number of rotatable bonds is 4. The Bertz CT molecular complexity index is 415. The SMILES string of the molecule is CC1CCCC(C)N1/C=C(/C#N)C(=O)NCC(=O)O. The standard InChI is InChI=1S/C13H19N3O3/c1-9-4-3-5-10(2)16(9)8-11(6-14)13(19)15-7-12(17)18/h8-10H,3-5,7H2,1-2H3,(H,15,19)(H,17,18)/b11-8-. The first-order valence-corrected chi connectivity index (χ1v) is 6.35. The lowest BCUT2D eigenvalue weighted by Gasteiger charge is -2.38. The third kappa shape index (κ3) is 4.28. The maximum absolute atomic E-state index is 11.7. The summed E-state index contributed by atoms with van der Waals surface area (Å²) in [5.41, 5.74) is -0.0538. The number of carboxylic acids is 1. The maximum Gasteiger partial charge on any atom is 0.322 e. The van der Waals surface area contributed by atoms with E-state index in [2.05, 4.69) is 19.2 Å². The molecule has 6 heteroatoms. The number of aliphatic carboxylic acids is 1. The van der Waals surface area contributed by atoms with Gasteiger partial charge in [0.05, 0.1) is 0 Å². The van der Waals surface area contributed by atoms with Crippen molar-refractivity contribution in [1.82, 2.24) is 10.2 Å². The van der Waals surface area contributed by atoms with Crippen LogP contribution in [0.15, 0.2) is 11.8 Å². The third-order valence-corrected chi connectivity index (χ3v) is 3.31. The van der Waals surface area contributed by atoms with Crippen molar-refractivity contribution in [1.29, 1.82) is 5.26 Å². The number of hydrogen-bond donors (Lipinski definition) is 2. The third-order valence-electron chi connectivity index (χ3n) is 3.31. The van der Waals surface area contributed by atoms with E-state index >= 15 is 0 Å². The molecule has 1 aliphatic rings. The molecule has 1 aliphatic heterocycles. The first kappa shape index (κ1) is 15.0. The van der Waals surface area contributed by atoms with Gasteiger partial charge in [-0.25, -0.2) is 0 Å². The maximum atomic E-state index is 11.7. The van der Waals surface area contributed by atoms with Crippen LogP contribution in [0.1, 0.15) is 33.1 Å². The fourth-order valence-corrected chi connectivity index (χ4v) is 2.23. The highest BCUT2D eigenvalue weighted by Crippen LogP contribution is 2.23. The Morgan fingerprint density at radius 2 is 2.00 bits per heavy atom. The lowest BCUT2D eigenvalue weighted by Crippen LogP contribution is -2.41. The summed E-state index contributed by atoms with van der Waals surface area (Å²) in [6.07, 6.45) is 4.73. The molecule has 2 N–H and O–H groups in total. The summed E-state index contributed by atoms with van der Waals surface area (Å²) in [6, 6.07) is 2.38. The topological polar surface area (TPSA) is 93.4 Å². The van der Waals surface area contributed by atoms with E-state index in [1.54, 1.807) is 6.20 Å². The summed E-state index contributed by atoms with van der Waals surface area (Å²) in [6.45, 7) is 3.62. The number of piperidine rings is 1. The van der Waals surface area contributed by atoms with E-state index in [0.29, 0.717) is 0 Å². The van der Waals surface area contributed by atoms with Crippen LogP contribution in [0.3, 0.4) is 0 Å². The van der Waals surface area contributed by atoms with Gasteiger partial charge in [-0.05, 0) is 33.1 Å². The van der Waals surface area contributed by atoms with Crippen LogP contribution >= 0.6 is 0 Å². The second kappa shape index (κ2) is 6.78. The van der Waals surface area contributed by atoms with E-state index in [0.717, 1.165) is 19.3 Å². The molecule has 19 heavy (non-hydrogen) atoms. The van der Waals surface area contributed by atoms with E-state index in [-0.39, 0.29) is 17.7 Å². The molecular weight excluding hydrogens is 246 g/mol. The Morgan fingerprint density at radius 1 is 1.42 bits per heavy atom. The molecule has 0 radical (unpaired) electrons. The largest absolute Gasteiger partial charge is 0.480 e. The summed E-state index contributed by atoms with van der Waals surface area (Å²) in [4.78, 5) is 24.1. The van der Waals surface area contributed by atoms with Crippen molar-refractivity contribution in [3.8, 4) is 6.07 Å². The summed E-state index contributed by atoms with van der Waals surface area (Å²) < 4.78 is 0. The van der Waals surface area contributed by atoms with Gasteiger partial charge in [-0.15, -0.1) is 0 Å². The number of likely N-dealkylation sites (tertiary alicyclic amines) is 1. The van der Waals surface area contributed by atoms with Crippen LogP contribution in [-0.4, -0.2) is 40.5 Å². The fraction of sp³-hybridized carbons (Fsp3) is 0.615. The molecule has 0 aromatic carbocycles. The van der Waals surface area contributed by atoms with Crippen LogP contribution in [0.5, 0.6) is 0 Å². The molecule has 2 unspecified atom stereocenters. The lowest BCUT2D eigenvalue weighted by molar-refractivity contribution is -0.137. The second-order valence-electron chi connectivity index (χ2n) is 4.81. The highest BCUT2D eigenvalue weighted by atomic mass is 16.4. The molecule has 0 aromatic rings. The number of carbonyl (C=O) groups is 2. The average molecular weight is 265 g/mol. The van der Waals surface area contributed by atoms with E-state index in [1.807, 2.05) is 11.0 Å². The Balaban J connectivity index is 2.77. The number of nitrogens with one attached hydrogen (secondary N) is 1. The Hall–Kier alpha value is -2.03. The van der Waals surface area contributed by atoms with Crippen molar-refractivity contribution in [3.05, 3.63) is 11.8 Å². The fourth-order valence-electron chi connectivity index (χ4n) is 2.23. The van der Waals surface area contributed by atoms with Crippen molar-refractivity contribution in [2.75, 3.05) is 6.54 Å². The van der Waals surface area contributed by atoms with Gasteiger partial charge in [-0.1, -0.05) is 0 Å². The molecule has 0 bridgehead atoms. The van der Waals surface area contributed by atoms with E-state index in [4.69, 9.17) is 10.4 Å². The molecule has 0 aliphatic carbocycles. The highest BCUT2D eigenvalue weighted by molar-refractivity contribution is 5.98. The van der Waals surface area contributed by atoms with Crippen molar-refractivity contribution in [3.63, 3.8) is 0 Å². The molecule has 1 amide bonds. The zero-order valence-electron chi connectivity index (χ0n) is 11.2. The number of carboxylic acid groups (broad SMARTS) is 1. The van der Waals surface area contributed by atoms with Gasteiger partial charge in [0.25, 0.3) is 5.91 Å². The molecule has 0 aromatic heterocycles. The minimum Gasteiger partial charge on any atom is -0.480 e. The van der Waals surface area contributed by atoms with E-state index < -0.39 is 18.4 Å². The molecular formula is C13H19N3O3. The Morgan fingerprint density at radius 3 is 2.47 bits per heavy atom. The van der Waals surface area contributed by atoms with Gasteiger partial charge >= 0.3 is 5.97 Å². The minimum absolute atomic E-state index is 0.0538. The first-order valence-electron chi connectivity index (χ1n) is 6.35. The molecule has 1 heterocycles. The molecule has 1 rings (SSSR count). The summed E-state index contributed by atoms with van der Waals surface area (Å²) in [5, 5.41) is 19.7. The van der Waals surface area contributed by atoms with E-state index in [1.165, 1.54) is 0 Å².